The van der Waals surface area contributed by atoms with Crippen molar-refractivity contribution in [1.29, 1.82) is 0 Å². The van der Waals surface area contributed by atoms with Crippen LogP contribution in [-0.2, 0) is 11.3 Å². The summed E-state index contributed by atoms with van der Waals surface area (Å²) in [6.07, 6.45) is 1.90. The lowest BCUT2D eigenvalue weighted by Gasteiger charge is -2.11. The predicted molar refractivity (Wildman–Crippen MR) is 48.8 cm³/mol. The van der Waals surface area contributed by atoms with Crippen molar-refractivity contribution in [3.05, 3.63) is 18.2 Å². The zero-order valence-electron chi connectivity index (χ0n) is 8.14. The van der Waals surface area contributed by atoms with E-state index in [9.17, 15) is 9.18 Å². The first kappa shape index (κ1) is 10.7. The van der Waals surface area contributed by atoms with Crippen LogP contribution < -0.4 is 0 Å². The molecule has 2 atom stereocenters. The molecule has 5 heteroatoms. The van der Waals surface area contributed by atoms with Gasteiger partial charge in [-0.1, -0.05) is 0 Å². The summed E-state index contributed by atoms with van der Waals surface area (Å²) in [5, 5.41) is 8.78. The van der Waals surface area contributed by atoms with Crippen LogP contribution in [0.2, 0.25) is 0 Å². The number of carboxylic acids is 1. The number of alkyl halides is 1. The number of halogens is 1. The first-order chi connectivity index (χ1) is 6.52. The van der Waals surface area contributed by atoms with Gasteiger partial charge in [-0.05, 0) is 13.8 Å². The van der Waals surface area contributed by atoms with E-state index in [-0.39, 0.29) is 6.54 Å². The first-order valence-corrected chi connectivity index (χ1v) is 4.39. The minimum Gasteiger partial charge on any atom is -0.481 e. The molecule has 1 aromatic rings. The SMILES string of the molecule is CC(F)Cn1cncc1C(C)C(=O)O. The van der Waals surface area contributed by atoms with Crippen molar-refractivity contribution in [3.63, 3.8) is 0 Å². The van der Waals surface area contributed by atoms with E-state index in [1.807, 2.05) is 0 Å². The maximum atomic E-state index is 12.7. The van der Waals surface area contributed by atoms with Gasteiger partial charge in [0.25, 0.3) is 0 Å². The summed E-state index contributed by atoms with van der Waals surface area (Å²) in [5.74, 6) is -1.59. The monoisotopic (exact) mass is 200 g/mol. The van der Waals surface area contributed by atoms with Gasteiger partial charge in [0, 0.05) is 6.20 Å². The van der Waals surface area contributed by atoms with E-state index in [2.05, 4.69) is 4.98 Å². The van der Waals surface area contributed by atoms with E-state index >= 15 is 0 Å². The number of hydrogen-bond donors (Lipinski definition) is 1. The lowest BCUT2D eigenvalue weighted by molar-refractivity contribution is -0.138. The minimum absolute atomic E-state index is 0.146. The highest BCUT2D eigenvalue weighted by Crippen LogP contribution is 2.15. The highest BCUT2D eigenvalue weighted by molar-refractivity contribution is 5.74. The summed E-state index contributed by atoms with van der Waals surface area (Å²) in [6, 6.07) is 0. The predicted octanol–water partition coefficient (Wildman–Crippen LogP) is 1.43. The van der Waals surface area contributed by atoms with Gasteiger partial charge >= 0.3 is 5.97 Å². The summed E-state index contributed by atoms with van der Waals surface area (Å²) >= 11 is 0. The maximum Gasteiger partial charge on any atom is 0.312 e. The van der Waals surface area contributed by atoms with Crippen LogP contribution in [0.5, 0.6) is 0 Å². The number of carbonyl (C=O) groups is 1. The Hall–Kier alpha value is -1.39. The Morgan fingerprint density at radius 2 is 2.36 bits per heavy atom. The van der Waals surface area contributed by atoms with Gasteiger partial charge in [-0.15, -0.1) is 0 Å². The van der Waals surface area contributed by atoms with E-state index in [4.69, 9.17) is 5.11 Å². The Bertz CT molecular complexity index is 322. The Balaban J connectivity index is 2.86. The van der Waals surface area contributed by atoms with Gasteiger partial charge in [0.2, 0.25) is 0 Å². The molecule has 1 heterocycles. The van der Waals surface area contributed by atoms with Crippen molar-refractivity contribution in [3.8, 4) is 0 Å². The second-order valence-electron chi connectivity index (χ2n) is 3.31. The molecule has 0 fully saturated rings. The summed E-state index contributed by atoms with van der Waals surface area (Å²) in [5.41, 5.74) is 0.530. The Morgan fingerprint density at radius 1 is 1.71 bits per heavy atom. The quantitative estimate of drug-likeness (QED) is 0.799. The Kier molecular flexibility index (Phi) is 3.22. The van der Waals surface area contributed by atoms with E-state index in [0.29, 0.717) is 5.69 Å². The molecule has 0 bridgehead atoms. The van der Waals surface area contributed by atoms with Crippen molar-refractivity contribution in [2.45, 2.75) is 32.5 Å². The molecule has 0 amide bonds. The molecule has 1 rings (SSSR count). The fourth-order valence-corrected chi connectivity index (χ4v) is 1.24. The molecular formula is C9H13FN2O2. The molecule has 2 unspecified atom stereocenters. The van der Waals surface area contributed by atoms with Gasteiger partial charge in [0.1, 0.15) is 6.17 Å². The molecule has 0 aromatic carbocycles. The molecule has 4 nitrogen and oxygen atoms in total. The molecule has 78 valence electrons. The zero-order chi connectivity index (χ0) is 10.7. The number of aliphatic carboxylic acids is 1. The largest absolute Gasteiger partial charge is 0.481 e. The summed E-state index contributed by atoms with van der Waals surface area (Å²) in [7, 11) is 0. The number of rotatable bonds is 4. The lowest BCUT2D eigenvalue weighted by Crippen LogP contribution is -2.15. The van der Waals surface area contributed by atoms with Crippen LogP contribution in [0.4, 0.5) is 4.39 Å². The van der Waals surface area contributed by atoms with Crippen LogP contribution in [0.3, 0.4) is 0 Å². The molecule has 0 aliphatic rings. The molecule has 0 saturated carbocycles. The van der Waals surface area contributed by atoms with E-state index < -0.39 is 18.1 Å². The third-order valence-electron chi connectivity index (χ3n) is 2.01. The van der Waals surface area contributed by atoms with Crippen LogP contribution in [0.1, 0.15) is 25.5 Å². The maximum absolute atomic E-state index is 12.7. The van der Waals surface area contributed by atoms with Crippen LogP contribution in [0, 0.1) is 0 Å². The third-order valence-corrected chi connectivity index (χ3v) is 2.01. The fraction of sp³-hybridized carbons (Fsp3) is 0.556. The molecule has 14 heavy (non-hydrogen) atoms. The van der Waals surface area contributed by atoms with Gasteiger partial charge in [-0.25, -0.2) is 9.37 Å². The molecule has 0 aliphatic heterocycles. The second-order valence-corrected chi connectivity index (χ2v) is 3.31. The summed E-state index contributed by atoms with van der Waals surface area (Å²) < 4.78 is 14.2. The van der Waals surface area contributed by atoms with Crippen LogP contribution >= 0.6 is 0 Å². The lowest BCUT2D eigenvalue weighted by atomic mass is 10.1. The smallest absolute Gasteiger partial charge is 0.312 e. The average Bonchev–Trinajstić information content (AvgIpc) is 2.49. The molecule has 0 saturated heterocycles. The number of aromatic nitrogens is 2. The van der Waals surface area contributed by atoms with E-state index in [0.717, 1.165) is 0 Å². The highest BCUT2D eigenvalue weighted by atomic mass is 19.1. The van der Waals surface area contributed by atoms with E-state index in [1.165, 1.54) is 24.0 Å². The van der Waals surface area contributed by atoms with Gasteiger partial charge in [0.05, 0.1) is 24.5 Å². The molecule has 1 N–H and O–H groups in total. The topological polar surface area (TPSA) is 55.1 Å². The van der Waals surface area contributed by atoms with Crippen molar-refractivity contribution >= 4 is 5.97 Å². The average molecular weight is 200 g/mol. The number of carboxylic acid groups (broad SMARTS) is 1. The zero-order valence-corrected chi connectivity index (χ0v) is 8.14. The van der Waals surface area contributed by atoms with Gasteiger partial charge < -0.3 is 9.67 Å². The normalized spacial score (nSPS) is 15.1. The van der Waals surface area contributed by atoms with Crippen LogP contribution in [-0.4, -0.2) is 26.8 Å². The molecule has 0 aliphatic carbocycles. The minimum atomic E-state index is -1.01. The Labute approximate surface area is 81.4 Å². The van der Waals surface area contributed by atoms with Crippen LogP contribution in [0.25, 0.3) is 0 Å². The number of nitrogens with zero attached hydrogens (tertiary/aromatic N) is 2. The van der Waals surface area contributed by atoms with Crippen molar-refractivity contribution in [2.75, 3.05) is 0 Å². The van der Waals surface area contributed by atoms with Gasteiger partial charge in [-0.2, -0.15) is 0 Å². The second kappa shape index (κ2) is 4.21. The van der Waals surface area contributed by atoms with Crippen molar-refractivity contribution < 1.29 is 14.3 Å². The number of hydrogen-bond acceptors (Lipinski definition) is 2. The van der Waals surface area contributed by atoms with Crippen molar-refractivity contribution in [2.24, 2.45) is 0 Å². The fourth-order valence-electron chi connectivity index (χ4n) is 1.24. The van der Waals surface area contributed by atoms with Crippen LogP contribution in [0.15, 0.2) is 12.5 Å². The number of imidazole rings is 1. The van der Waals surface area contributed by atoms with Gasteiger partial charge in [0.15, 0.2) is 0 Å². The van der Waals surface area contributed by atoms with Crippen molar-refractivity contribution in [1.82, 2.24) is 9.55 Å². The molecule has 0 radical (unpaired) electrons. The molecule has 1 aromatic heterocycles. The standard InChI is InChI=1S/C9H13FN2O2/c1-6(10)4-12-5-11-3-8(12)7(2)9(13)14/h3,5-7H,4H2,1-2H3,(H,13,14). The van der Waals surface area contributed by atoms with E-state index in [1.54, 1.807) is 6.92 Å². The summed E-state index contributed by atoms with van der Waals surface area (Å²) in [4.78, 5) is 14.5. The van der Waals surface area contributed by atoms with Gasteiger partial charge in [-0.3, -0.25) is 4.79 Å². The summed E-state index contributed by atoms with van der Waals surface area (Å²) in [6.45, 7) is 3.13. The molecule has 0 spiro atoms. The third kappa shape index (κ3) is 2.31. The highest BCUT2D eigenvalue weighted by Gasteiger charge is 2.18. The molecular weight excluding hydrogens is 187 g/mol. The first-order valence-electron chi connectivity index (χ1n) is 4.39. The Morgan fingerprint density at radius 3 is 2.86 bits per heavy atom.